The first-order valence-corrected chi connectivity index (χ1v) is 17.0. The summed E-state index contributed by atoms with van der Waals surface area (Å²) in [5.41, 5.74) is 3.60. The summed E-state index contributed by atoms with van der Waals surface area (Å²) in [7, 11) is -7.89. The van der Waals surface area contributed by atoms with Crippen LogP contribution in [0, 0.1) is 3.57 Å². The van der Waals surface area contributed by atoms with Gasteiger partial charge in [-0.15, -0.1) is 0 Å². The molecule has 5 aromatic rings. The van der Waals surface area contributed by atoms with E-state index in [0.717, 1.165) is 31.0 Å². The van der Waals surface area contributed by atoms with Gasteiger partial charge in [-0.3, -0.25) is 4.52 Å². The van der Waals surface area contributed by atoms with Crippen molar-refractivity contribution in [3.63, 3.8) is 0 Å². The van der Waals surface area contributed by atoms with Crippen molar-refractivity contribution in [3.8, 4) is 16.9 Å². The number of fused-ring (bicyclic) bond motifs is 3. The Bertz CT molecular complexity index is 1910. The average molecular weight is 708 g/mol. The molecule has 14 heteroatoms. The molecule has 3 heterocycles. The maximum Gasteiger partial charge on any atom is 0.469 e. The molecule has 11 nitrogen and oxygen atoms in total. The Kier molecular flexibility index (Phi) is 7.68. The predicted molar refractivity (Wildman–Crippen MR) is 161 cm³/mol. The number of ether oxygens (including phenoxy) is 1. The highest BCUT2D eigenvalue weighted by Gasteiger charge is 2.37. The maximum absolute atomic E-state index is 12.9. The molecule has 2 aromatic carbocycles. The van der Waals surface area contributed by atoms with Gasteiger partial charge < -0.3 is 24.1 Å². The number of halogens is 1. The second-order valence-corrected chi connectivity index (χ2v) is 14.6. The van der Waals surface area contributed by atoms with E-state index >= 15 is 0 Å². The third-order valence-electron chi connectivity index (χ3n) is 6.86. The molecule has 0 spiro atoms. The number of hydrogen-bond acceptors (Lipinski definition) is 7. The Morgan fingerprint density at radius 1 is 1.15 bits per heavy atom. The van der Waals surface area contributed by atoms with Crippen LogP contribution in [0.25, 0.3) is 33.1 Å². The fourth-order valence-electron chi connectivity index (χ4n) is 4.79. The number of aromatic nitrogens is 4. The fraction of sp³-hybridized carbons (Fsp3) is 0.259. The van der Waals surface area contributed by atoms with E-state index in [1.165, 1.54) is 0 Å². The summed E-state index contributed by atoms with van der Waals surface area (Å²) >= 11 is 2.23. The summed E-state index contributed by atoms with van der Waals surface area (Å²) in [6.07, 6.45) is 7.10. The Labute approximate surface area is 249 Å². The molecule has 1 aliphatic rings. The minimum atomic E-state index is -4.56. The van der Waals surface area contributed by atoms with E-state index in [2.05, 4.69) is 42.1 Å². The molecular weight excluding hydrogens is 682 g/mol. The van der Waals surface area contributed by atoms with Crippen LogP contribution in [0.2, 0.25) is 0 Å². The summed E-state index contributed by atoms with van der Waals surface area (Å²) in [5, 5.41) is 1.55. The number of aromatic amines is 1. The summed E-state index contributed by atoms with van der Waals surface area (Å²) in [6, 6.07) is 13.0. The van der Waals surface area contributed by atoms with Crippen molar-refractivity contribution in [3.05, 3.63) is 70.4 Å². The normalized spacial score (nSPS) is 14.2. The number of benzene rings is 2. The molecule has 1 fully saturated rings. The monoisotopic (exact) mass is 708 g/mol. The lowest BCUT2D eigenvalue weighted by atomic mass is 9.99. The first-order valence-electron chi connectivity index (χ1n) is 12.9. The Morgan fingerprint density at radius 2 is 1.98 bits per heavy atom. The van der Waals surface area contributed by atoms with Gasteiger partial charge in [0.1, 0.15) is 18.0 Å². The molecule has 1 saturated carbocycles. The van der Waals surface area contributed by atoms with E-state index < -0.39 is 17.7 Å². The predicted octanol–water partition coefficient (Wildman–Crippen LogP) is 5.20. The number of phosphoric acid groups is 1. The standard InChI is InChI=1S/C27H26IN4O7PS/c28-18-12-23-25-22(17-3-1-4-21(11-17)41(36,37)20-5-6-20)7-8-24(26(25)31-27(23)29-13-18)38-10-2-9-32-14-19(30-16-32)15-39-40(33,34)35/h1,3-4,7-8,11-14,16,20H,2,5-6,9-10,15H2,(H,29,31)(H2,33,34,35). The Hall–Kier alpha value is -2.81. The van der Waals surface area contributed by atoms with Gasteiger partial charge in [0.2, 0.25) is 0 Å². The van der Waals surface area contributed by atoms with Crippen molar-refractivity contribution in [2.75, 3.05) is 6.61 Å². The molecule has 0 amide bonds. The number of rotatable bonds is 11. The second kappa shape index (κ2) is 11.1. The van der Waals surface area contributed by atoms with Crippen LogP contribution in [-0.4, -0.2) is 49.6 Å². The van der Waals surface area contributed by atoms with Crippen LogP contribution in [0.15, 0.2) is 66.1 Å². The molecule has 0 saturated heterocycles. The molecule has 3 N–H and O–H groups in total. The number of sulfone groups is 1. The summed E-state index contributed by atoms with van der Waals surface area (Å²) in [5.74, 6) is 0.653. The number of phosphoric ester groups is 1. The van der Waals surface area contributed by atoms with Crippen LogP contribution in [0.4, 0.5) is 0 Å². The van der Waals surface area contributed by atoms with E-state index in [0.29, 0.717) is 54.4 Å². The van der Waals surface area contributed by atoms with Crippen molar-refractivity contribution in [2.45, 2.75) is 42.6 Å². The topological polar surface area (TPSA) is 157 Å². The second-order valence-electron chi connectivity index (χ2n) is 9.88. The van der Waals surface area contributed by atoms with Crippen molar-refractivity contribution in [1.82, 2.24) is 19.5 Å². The molecule has 0 aliphatic heterocycles. The number of imidazole rings is 1. The quantitative estimate of drug-likeness (QED) is 0.0954. The molecule has 3 aromatic heterocycles. The van der Waals surface area contributed by atoms with Gasteiger partial charge in [0, 0.05) is 33.3 Å². The van der Waals surface area contributed by atoms with Crippen molar-refractivity contribution in [1.29, 1.82) is 0 Å². The van der Waals surface area contributed by atoms with Gasteiger partial charge in [0.05, 0.1) is 34.3 Å². The minimum absolute atomic E-state index is 0.277. The molecular formula is C27H26IN4O7PS. The third-order valence-corrected chi connectivity index (χ3v) is 10.2. The van der Waals surface area contributed by atoms with Crippen LogP contribution >= 0.6 is 30.4 Å². The first kappa shape index (κ1) is 28.3. The lowest BCUT2D eigenvalue weighted by Crippen LogP contribution is -2.07. The molecule has 1 aliphatic carbocycles. The average Bonchev–Trinajstić information content (AvgIpc) is 3.60. The maximum atomic E-state index is 12.9. The van der Waals surface area contributed by atoms with E-state index in [4.69, 9.17) is 14.5 Å². The van der Waals surface area contributed by atoms with E-state index in [9.17, 15) is 13.0 Å². The van der Waals surface area contributed by atoms with Gasteiger partial charge in [-0.2, -0.15) is 0 Å². The van der Waals surface area contributed by atoms with Crippen molar-refractivity contribution in [2.24, 2.45) is 0 Å². The number of H-pyrrole nitrogens is 1. The number of nitrogens with zero attached hydrogens (tertiary/aromatic N) is 3. The summed E-state index contributed by atoms with van der Waals surface area (Å²) in [4.78, 5) is 30.1. The Balaban J connectivity index is 1.26. The van der Waals surface area contributed by atoms with Gasteiger partial charge in [-0.25, -0.2) is 23.0 Å². The number of pyridine rings is 1. The van der Waals surface area contributed by atoms with Crippen LogP contribution in [-0.2, 0) is 32.1 Å². The molecule has 0 atom stereocenters. The van der Waals surface area contributed by atoms with Gasteiger partial charge in [-0.05, 0) is 83.3 Å². The smallest absolute Gasteiger partial charge is 0.469 e. The zero-order valence-corrected chi connectivity index (χ0v) is 25.5. The van der Waals surface area contributed by atoms with Gasteiger partial charge in [-0.1, -0.05) is 12.1 Å². The minimum Gasteiger partial charge on any atom is -0.491 e. The molecule has 0 radical (unpaired) electrons. The molecule has 0 bridgehead atoms. The van der Waals surface area contributed by atoms with Crippen LogP contribution in [0.3, 0.4) is 0 Å². The Morgan fingerprint density at radius 3 is 2.76 bits per heavy atom. The largest absolute Gasteiger partial charge is 0.491 e. The number of aryl methyl sites for hydroxylation is 1. The first-order chi connectivity index (χ1) is 19.6. The highest BCUT2D eigenvalue weighted by Crippen LogP contribution is 2.41. The number of hydrogen-bond donors (Lipinski definition) is 3. The molecule has 6 rings (SSSR count). The van der Waals surface area contributed by atoms with Crippen molar-refractivity contribution >= 4 is 62.2 Å². The van der Waals surface area contributed by atoms with Gasteiger partial charge in [0.15, 0.2) is 9.84 Å². The lowest BCUT2D eigenvalue weighted by Gasteiger charge is -2.12. The van der Waals surface area contributed by atoms with E-state index in [1.807, 2.05) is 24.3 Å². The zero-order chi connectivity index (χ0) is 28.8. The van der Waals surface area contributed by atoms with Gasteiger partial charge in [0.25, 0.3) is 0 Å². The van der Waals surface area contributed by atoms with Crippen LogP contribution < -0.4 is 4.74 Å². The van der Waals surface area contributed by atoms with E-state index in [-0.39, 0.29) is 11.9 Å². The molecule has 41 heavy (non-hydrogen) atoms. The fourth-order valence-corrected chi connectivity index (χ4v) is 7.24. The summed E-state index contributed by atoms with van der Waals surface area (Å²) in [6.45, 7) is 0.704. The zero-order valence-electron chi connectivity index (χ0n) is 21.6. The van der Waals surface area contributed by atoms with Crippen molar-refractivity contribution < 1.29 is 32.0 Å². The van der Waals surface area contributed by atoms with Gasteiger partial charge >= 0.3 is 7.82 Å². The third kappa shape index (κ3) is 6.20. The highest BCUT2D eigenvalue weighted by molar-refractivity contribution is 14.1. The SMILES string of the molecule is O=P(O)(O)OCc1cn(CCCOc2ccc(-c3cccc(S(=O)(=O)C4CC4)c3)c3c2[nH]c2ncc(I)cc23)cn1. The molecule has 0 unspecified atom stereocenters. The number of nitrogens with one attached hydrogen (secondary N) is 1. The van der Waals surface area contributed by atoms with Crippen LogP contribution in [0.5, 0.6) is 5.75 Å². The highest BCUT2D eigenvalue weighted by atomic mass is 127. The summed E-state index contributed by atoms with van der Waals surface area (Å²) < 4.78 is 50.2. The lowest BCUT2D eigenvalue weighted by molar-refractivity contribution is 0.187. The van der Waals surface area contributed by atoms with E-state index in [1.54, 1.807) is 41.5 Å². The van der Waals surface area contributed by atoms with Crippen LogP contribution in [0.1, 0.15) is 25.0 Å². The molecule has 214 valence electrons.